The fourth-order valence-corrected chi connectivity index (χ4v) is 1.43. The van der Waals surface area contributed by atoms with Crippen molar-refractivity contribution in [3.05, 3.63) is 5.01 Å². The summed E-state index contributed by atoms with van der Waals surface area (Å²) < 4.78 is 4.73. The fourth-order valence-electron chi connectivity index (χ4n) is 0.848. The minimum absolute atomic E-state index is 0.290. The average molecular weight is 244 g/mol. The van der Waals surface area contributed by atoms with E-state index in [2.05, 4.69) is 20.8 Å². The molecule has 0 atom stereocenters. The standard InChI is InChI=1S/C8H12N4O3S/c1-5-11-12-8(16-5)10-7(14)6(13)9-3-4-15-2/h3-4H2,1-2H3,(H,9,13)(H,10,12,14). The van der Waals surface area contributed by atoms with Crippen molar-refractivity contribution >= 4 is 28.3 Å². The quantitative estimate of drug-likeness (QED) is 0.552. The molecule has 0 saturated carbocycles. The number of ether oxygens (including phenoxy) is 1. The third-order valence-electron chi connectivity index (χ3n) is 1.54. The molecule has 7 nitrogen and oxygen atoms in total. The molecule has 0 aliphatic rings. The molecule has 8 heteroatoms. The molecule has 88 valence electrons. The Kier molecular flexibility index (Phi) is 4.80. The van der Waals surface area contributed by atoms with Gasteiger partial charge in [-0.25, -0.2) is 0 Å². The van der Waals surface area contributed by atoms with Crippen molar-refractivity contribution in [1.29, 1.82) is 0 Å². The average Bonchev–Trinajstić information content (AvgIpc) is 2.64. The summed E-state index contributed by atoms with van der Waals surface area (Å²) in [4.78, 5) is 22.5. The number of methoxy groups -OCH3 is 1. The van der Waals surface area contributed by atoms with E-state index >= 15 is 0 Å². The number of amides is 2. The third-order valence-corrected chi connectivity index (χ3v) is 2.30. The van der Waals surface area contributed by atoms with Crippen LogP contribution in [0.25, 0.3) is 0 Å². The smallest absolute Gasteiger partial charge is 0.315 e. The van der Waals surface area contributed by atoms with Gasteiger partial charge in [0.15, 0.2) is 0 Å². The predicted molar refractivity (Wildman–Crippen MR) is 58.2 cm³/mol. The number of hydrogen-bond donors (Lipinski definition) is 2. The Hall–Kier alpha value is -1.54. The van der Waals surface area contributed by atoms with Gasteiger partial charge in [0, 0.05) is 13.7 Å². The fraction of sp³-hybridized carbons (Fsp3) is 0.500. The van der Waals surface area contributed by atoms with Gasteiger partial charge >= 0.3 is 11.8 Å². The molecule has 0 unspecified atom stereocenters. The molecule has 16 heavy (non-hydrogen) atoms. The van der Waals surface area contributed by atoms with E-state index in [9.17, 15) is 9.59 Å². The zero-order chi connectivity index (χ0) is 12.0. The van der Waals surface area contributed by atoms with Crippen LogP contribution in [0.15, 0.2) is 0 Å². The first-order valence-electron chi connectivity index (χ1n) is 4.51. The highest BCUT2D eigenvalue weighted by Crippen LogP contribution is 2.12. The van der Waals surface area contributed by atoms with Gasteiger partial charge < -0.3 is 10.1 Å². The molecule has 0 radical (unpaired) electrons. The number of carbonyl (C=O) groups excluding carboxylic acids is 2. The zero-order valence-electron chi connectivity index (χ0n) is 8.94. The molecule has 0 fully saturated rings. The summed E-state index contributed by atoms with van der Waals surface area (Å²) in [6, 6.07) is 0. The molecule has 1 heterocycles. The SMILES string of the molecule is COCCNC(=O)C(=O)Nc1nnc(C)s1. The van der Waals surface area contributed by atoms with Gasteiger partial charge in [0.25, 0.3) is 0 Å². The molecule has 0 spiro atoms. The van der Waals surface area contributed by atoms with Crippen molar-refractivity contribution in [3.8, 4) is 0 Å². The van der Waals surface area contributed by atoms with Crippen molar-refractivity contribution < 1.29 is 14.3 Å². The van der Waals surface area contributed by atoms with Crippen molar-refractivity contribution in [2.75, 3.05) is 25.6 Å². The number of carbonyl (C=O) groups is 2. The molecule has 0 aliphatic heterocycles. The Morgan fingerprint density at radius 1 is 1.38 bits per heavy atom. The van der Waals surface area contributed by atoms with Gasteiger partial charge in [-0.15, -0.1) is 10.2 Å². The first-order valence-corrected chi connectivity index (χ1v) is 5.33. The third kappa shape index (κ3) is 3.91. The van der Waals surface area contributed by atoms with Crippen molar-refractivity contribution in [2.24, 2.45) is 0 Å². The van der Waals surface area contributed by atoms with E-state index in [0.29, 0.717) is 11.7 Å². The van der Waals surface area contributed by atoms with Crippen molar-refractivity contribution in [3.63, 3.8) is 0 Å². The molecule has 2 amide bonds. The lowest BCUT2D eigenvalue weighted by atomic mass is 10.5. The summed E-state index contributed by atoms with van der Waals surface area (Å²) in [5, 5.41) is 13.1. The van der Waals surface area contributed by atoms with E-state index in [0.717, 1.165) is 5.01 Å². The van der Waals surface area contributed by atoms with Crippen LogP contribution in [0.5, 0.6) is 0 Å². The number of rotatable bonds is 4. The first kappa shape index (κ1) is 12.5. The Bertz CT molecular complexity index is 379. The Morgan fingerprint density at radius 3 is 2.69 bits per heavy atom. The maximum absolute atomic E-state index is 11.3. The molecule has 0 aliphatic carbocycles. The van der Waals surface area contributed by atoms with E-state index in [1.165, 1.54) is 18.4 Å². The summed E-state index contributed by atoms with van der Waals surface area (Å²) in [5.41, 5.74) is 0. The number of aryl methyl sites for hydroxylation is 1. The van der Waals surface area contributed by atoms with Gasteiger partial charge in [0.1, 0.15) is 5.01 Å². The van der Waals surface area contributed by atoms with Crippen LogP contribution in [0.1, 0.15) is 5.01 Å². The summed E-state index contributed by atoms with van der Waals surface area (Å²) in [6.45, 7) is 2.40. The monoisotopic (exact) mass is 244 g/mol. The van der Waals surface area contributed by atoms with Crippen LogP contribution in [0.3, 0.4) is 0 Å². The highest BCUT2D eigenvalue weighted by atomic mass is 32.1. The van der Waals surface area contributed by atoms with Crippen LogP contribution < -0.4 is 10.6 Å². The van der Waals surface area contributed by atoms with E-state index in [1.54, 1.807) is 6.92 Å². The number of aromatic nitrogens is 2. The molecule has 2 N–H and O–H groups in total. The number of nitrogens with one attached hydrogen (secondary N) is 2. The van der Waals surface area contributed by atoms with Gasteiger partial charge in [0.2, 0.25) is 5.13 Å². The Labute approximate surface area is 96.2 Å². The van der Waals surface area contributed by atoms with Gasteiger partial charge in [-0.05, 0) is 6.92 Å². The Morgan fingerprint density at radius 2 is 2.12 bits per heavy atom. The minimum Gasteiger partial charge on any atom is -0.383 e. The molecular formula is C8H12N4O3S. The molecule has 0 aromatic carbocycles. The highest BCUT2D eigenvalue weighted by Gasteiger charge is 2.14. The molecule has 1 aromatic rings. The molecule has 1 aromatic heterocycles. The van der Waals surface area contributed by atoms with E-state index < -0.39 is 11.8 Å². The van der Waals surface area contributed by atoms with Crippen LogP contribution in [0, 0.1) is 6.92 Å². The normalized spacial score (nSPS) is 9.88. The van der Waals surface area contributed by atoms with Crippen LogP contribution >= 0.6 is 11.3 Å². The molecule has 0 saturated heterocycles. The summed E-state index contributed by atoms with van der Waals surface area (Å²) in [5.74, 6) is -1.47. The van der Waals surface area contributed by atoms with Crippen LogP contribution in [0.2, 0.25) is 0 Å². The van der Waals surface area contributed by atoms with Gasteiger partial charge in [-0.3, -0.25) is 14.9 Å². The Balaban J connectivity index is 2.37. The predicted octanol–water partition coefficient (Wildman–Crippen LogP) is -0.452. The molecule has 0 bridgehead atoms. The molecule has 1 rings (SSSR count). The van der Waals surface area contributed by atoms with Crippen molar-refractivity contribution in [1.82, 2.24) is 15.5 Å². The highest BCUT2D eigenvalue weighted by molar-refractivity contribution is 7.15. The maximum Gasteiger partial charge on any atom is 0.315 e. The summed E-state index contributed by atoms with van der Waals surface area (Å²) >= 11 is 1.20. The molecular weight excluding hydrogens is 232 g/mol. The second-order valence-electron chi connectivity index (χ2n) is 2.83. The van der Waals surface area contributed by atoms with E-state index in [1.807, 2.05) is 0 Å². The number of nitrogens with zero attached hydrogens (tertiary/aromatic N) is 2. The summed E-state index contributed by atoms with van der Waals surface area (Å²) in [6.07, 6.45) is 0. The van der Waals surface area contributed by atoms with Crippen LogP contribution in [-0.4, -0.2) is 42.3 Å². The zero-order valence-corrected chi connectivity index (χ0v) is 9.76. The van der Waals surface area contributed by atoms with Crippen LogP contribution in [0.4, 0.5) is 5.13 Å². The lowest BCUT2D eigenvalue weighted by molar-refractivity contribution is -0.136. The number of anilines is 1. The lowest BCUT2D eigenvalue weighted by Gasteiger charge is -2.02. The van der Waals surface area contributed by atoms with Gasteiger partial charge in [0.05, 0.1) is 6.61 Å². The van der Waals surface area contributed by atoms with Crippen molar-refractivity contribution in [2.45, 2.75) is 6.92 Å². The van der Waals surface area contributed by atoms with Gasteiger partial charge in [-0.2, -0.15) is 0 Å². The number of hydrogen-bond acceptors (Lipinski definition) is 6. The van der Waals surface area contributed by atoms with Gasteiger partial charge in [-0.1, -0.05) is 11.3 Å². The van der Waals surface area contributed by atoms with E-state index in [4.69, 9.17) is 4.74 Å². The van der Waals surface area contributed by atoms with Crippen LogP contribution in [-0.2, 0) is 14.3 Å². The minimum atomic E-state index is -0.757. The second-order valence-corrected chi connectivity index (χ2v) is 4.01. The van der Waals surface area contributed by atoms with E-state index in [-0.39, 0.29) is 6.54 Å². The lowest BCUT2D eigenvalue weighted by Crippen LogP contribution is -2.37. The topological polar surface area (TPSA) is 93.2 Å². The largest absolute Gasteiger partial charge is 0.383 e. The summed E-state index contributed by atoms with van der Waals surface area (Å²) in [7, 11) is 1.51. The second kappa shape index (κ2) is 6.13. The maximum atomic E-state index is 11.3. The first-order chi connectivity index (χ1) is 7.63.